The van der Waals surface area contributed by atoms with Crippen LogP contribution in [0.3, 0.4) is 0 Å². The van der Waals surface area contributed by atoms with Crippen molar-refractivity contribution in [2.24, 2.45) is 0 Å². The van der Waals surface area contributed by atoms with E-state index in [4.69, 9.17) is 20.8 Å². The summed E-state index contributed by atoms with van der Waals surface area (Å²) in [6.45, 7) is 5.50. The van der Waals surface area contributed by atoms with Crippen LogP contribution in [0.4, 0.5) is 0 Å². The molecule has 1 unspecified atom stereocenters. The zero-order valence-corrected chi connectivity index (χ0v) is 12.5. The molecule has 0 aliphatic carbocycles. The highest BCUT2D eigenvalue weighted by Gasteiger charge is 2.18. The number of furan rings is 1. The molecule has 0 spiro atoms. The van der Waals surface area contributed by atoms with Gasteiger partial charge in [0.1, 0.15) is 17.3 Å². The Labute approximate surface area is 123 Å². The quantitative estimate of drug-likeness (QED) is 0.923. The van der Waals surface area contributed by atoms with Crippen molar-refractivity contribution in [2.75, 3.05) is 6.61 Å². The van der Waals surface area contributed by atoms with Gasteiger partial charge in [0.25, 0.3) is 0 Å². The Kier molecular flexibility index (Phi) is 3.72. The van der Waals surface area contributed by atoms with Crippen LogP contribution in [0.5, 0.6) is 5.75 Å². The van der Waals surface area contributed by atoms with Crippen LogP contribution < -0.4 is 10.1 Å². The molecular formula is C16H18ClNO2. The van der Waals surface area contributed by atoms with Gasteiger partial charge in [-0.05, 0) is 43.7 Å². The molecule has 1 aromatic carbocycles. The van der Waals surface area contributed by atoms with Gasteiger partial charge in [0.2, 0.25) is 0 Å². The molecule has 2 aromatic rings. The van der Waals surface area contributed by atoms with E-state index in [1.165, 1.54) is 5.56 Å². The van der Waals surface area contributed by atoms with E-state index in [-0.39, 0.29) is 6.04 Å². The molecule has 106 valence electrons. The van der Waals surface area contributed by atoms with Crippen LogP contribution in [0.2, 0.25) is 5.02 Å². The Hall–Kier alpha value is -1.45. The number of halogens is 1. The fraction of sp³-hybridized carbons (Fsp3) is 0.375. The van der Waals surface area contributed by atoms with Gasteiger partial charge in [-0.25, -0.2) is 0 Å². The summed E-state index contributed by atoms with van der Waals surface area (Å²) >= 11 is 6.16. The first kappa shape index (κ1) is 13.5. The zero-order chi connectivity index (χ0) is 14.1. The van der Waals surface area contributed by atoms with Crippen LogP contribution in [0.1, 0.15) is 35.6 Å². The van der Waals surface area contributed by atoms with E-state index in [2.05, 4.69) is 12.2 Å². The maximum absolute atomic E-state index is 6.16. The average molecular weight is 292 g/mol. The van der Waals surface area contributed by atoms with Crippen LogP contribution in [-0.4, -0.2) is 6.61 Å². The van der Waals surface area contributed by atoms with E-state index in [9.17, 15) is 0 Å². The molecule has 1 N–H and O–H groups in total. The summed E-state index contributed by atoms with van der Waals surface area (Å²) in [6, 6.07) is 8.10. The van der Waals surface area contributed by atoms with Crippen LogP contribution in [0.25, 0.3) is 0 Å². The molecule has 3 nitrogen and oxygen atoms in total. The van der Waals surface area contributed by atoms with Crippen molar-refractivity contribution in [2.45, 2.75) is 32.9 Å². The second-order valence-corrected chi connectivity index (χ2v) is 5.64. The predicted molar refractivity (Wildman–Crippen MR) is 79.4 cm³/mol. The summed E-state index contributed by atoms with van der Waals surface area (Å²) in [5.41, 5.74) is 2.32. The molecule has 0 bridgehead atoms. The lowest BCUT2D eigenvalue weighted by Crippen LogP contribution is -2.18. The van der Waals surface area contributed by atoms with Gasteiger partial charge in [0, 0.05) is 23.6 Å². The van der Waals surface area contributed by atoms with Crippen molar-refractivity contribution < 1.29 is 9.15 Å². The average Bonchev–Trinajstić information content (AvgIpc) is 3.03. The number of hydrogen-bond donors (Lipinski definition) is 1. The van der Waals surface area contributed by atoms with Gasteiger partial charge in [0.15, 0.2) is 0 Å². The lowest BCUT2D eigenvalue weighted by Gasteiger charge is -2.14. The lowest BCUT2D eigenvalue weighted by molar-refractivity contribution is 0.350. The second-order valence-electron chi connectivity index (χ2n) is 5.20. The summed E-state index contributed by atoms with van der Waals surface area (Å²) in [5.74, 6) is 2.87. The van der Waals surface area contributed by atoms with Gasteiger partial charge in [-0.2, -0.15) is 0 Å². The molecule has 0 saturated carbocycles. The summed E-state index contributed by atoms with van der Waals surface area (Å²) in [7, 11) is 0. The van der Waals surface area contributed by atoms with Crippen molar-refractivity contribution >= 4 is 11.6 Å². The molecule has 4 heteroatoms. The number of nitrogens with one attached hydrogen (secondary N) is 1. The van der Waals surface area contributed by atoms with E-state index in [1.807, 2.05) is 31.2 Å². The highest BCUT2D eigenvalue weighted by Crippen LogP contribution is 2.33. The van der Waals surface area contributed by atoms with Crippen molar-refractivity contribution in [3.63, 3.8) is 0 Å². The first-order valence-electron chi connectivity index (χ1n) is 6.87. The van der Waals surface area contributed by atoms with Crippen molar-refractivity contribution in [1.82, 2.24) is 5.32 Å². The molecule has 0 radical (unpaired) electrons. The fourth-order valence-corrected chi connectivity index (χ4v) is 2.79. The largest absolute Gasteiger partial charge is 0.493 e. The van der Waals surface area contributed by atoms with Gasteiger partial charge in [-0.1, -0.05) is 11.6 Å². The molecule has 3 rings (SSSR count). The smallest absolute Gasteiger partial charge is 0.127 e. The number of benzene rings is 1. The van der Waals surface area contributed by atoms with Gasteiger partial charge < -0.3 is 14.5 Å². The minimum absolute atomic E-state index is 0.153. The first-order valence-corrected chi connectivity index (χ1v) is 7.25. The molecular weight excluding hydrogens is 274 g/mol. The van der Waals surface area contributed by atoms with Crippen molar-refractivity contribution in [1.29, 1.82) is 0 Å². The second kappa shape index (κ2) is 5.51. The summed E-state index contributed by atoms with van der Waals surface area (Å²) in [4.78, 5) is 0. The third kappa shape index (κ3) is 2.69. The summed E-state index contributed by atoms with van der Waals surface area (Å²) in [5, 5.41) is 4.22. The van der Waals surface area contributed by atoms with E-state index < -0.39 is 0 Å². The molecule has 1 aliphatic heterocycles. The Balaban J connectivity index is 1.73. The molecule has 1 aromatic heterocycles. The van der Waals surface area contributed by atoms with Crippen LogP contribution in [-0.2, 0) is 13.0 Å². The number of rotatable bonds is 4. The van der Waals surface area contributed by atoms with Gasteiger partial charge in [-0.15, -0.1) is 0 Å². The third-order valence-corrected chi connectivity index (χ3v) is 3.83. The summed E-state index contributed by atoms with van der Waals surface area (Å²) in [6.07, 6.45) is 0.940. The number of ether oxygens (including phenoxy) is 1. The molecule has 0 saturated heterocycles. The van der Waals surface area contributed by atoms with E-state index in [0.717, 1.165) is 40.9 Å². The first-order chi connectivity index (χ1) is 9.63. The monoisotopic (exact) mass is 291 g/mol. The number of hydrogen-bond acceptors (Lipinski definition) is 3. The van der Waals surface area contributed by atoms with Crippen LogP contribution in [0.15, 0.2) is 28.7 Å². The highest BCUT2D eigenvalue weighted by atomic mass is 35.5. The maximum Gasteiger partial charge on any atom is 0.127 e. The van der Waals surface area contributed by atoms with Gasteiger partial charge in [-0.3, -0.25) is 0 Å². The minimum Gasteiger partial charge on any atom is -0.493 e. The maximum atomic E-state index is 6.16. The normalized spacial score (nSPS) is 14.9. The van der Waals surface area contributed by atoms with E-state index in [1.54, 1.807) is 0 Å². The lowest BCUT2D eigenvalue weighted by atomic mass is 10.1. The van der Waals surface area contributed by atoms with E-state index in [0.29, 0.717) is 6.54 Å². The number of aryl methyl sites for hydroxylation is 1. The van der Waals surface area contributed by atoms with Crippen molar-refractivity contribution in [3.05, 3.63) is 51.9 Å². The minimum atomic E-state index is 0.153. The highest BCUT2D eigenvalue weighted by molar-refractivity contribution is 6.30. The summed E-state index contributed by atoms with van der Waals surface area (Å²) < 4.78 is 11.3. The number of fused-ring (bicyclic) bond motifs is 1. The Morgan fingerprint density at radius 1 is 1.35 bits per heavy atom. The van der Waals surface area contributed by atoms with Crippen LogP contribution >= 0.6 is 11.6 Å². The van der Waals surface area contributed by atoms with E-state index >= 15 is 0 Å². The molecule has 2 heterocycles. The van der Waals surface area contributed by atoms with Gasteiger partial charge >= 0.3 is 0 Å². The Morgan fingerprint density at radius 2 is 2.20 bits per heavy atom. The third-order valence-electron chi connectivity index (χ3n) is 3.61. The Morgan fingerprint density at radius 3 is 2.95 bits per heavy atom. The van der Waals surface area contributed by atoms with Crippen LogP contribution in [0, 0.1) is 6.92 Å². The Bertz CT molecular complexity index is 621. The predicted octanol–water partition coefficient (Wildman–Crippen LogP) is 4.03. The fourth-order valence-electron chi connectivity index (χ4n) is 2.53. The molecule has 0 amide bonds. The molecule has 20 heavy (non-hydrogen) atoms. The molecule has 0 fully saturated rings. The SMILES string of the molecule is Cc1ccc(C(C)NCc2cc(Cl)cc3c2OCC3)o1. The van der Waals surface area contributed by atoms with Gasteiger partial charge in [0.05, 0.1) is 12.6 Å². The molecule has 1 aliphatic rings. The molecule has 1 atom stereocenters. The zero-order valence-electron chi connectivity index (χ0n) is 11.7. The standard InChI is InChI=1S/C16H18ClNO2/c1-10-3-4-15(20-10)11(2)18-9-13-8-14(17)7-12-5-6-19-16(12)13/h3-4,7-8,11,18H,5-6,9H2,1-2H3. The van der Waals surface area contributed by atoms with Crippen molar-refractivity contribution in [3.8, 4) is 5.75 Å². The topological polar surface area (TPSA) is 34.4 Å².